The maximum Gasteiger partial charge on any atom is 0.159 e. The Morgan fingerprint density at radius 1 is 0.636 bits per heavy atom. The molecule has 0 aliphatic heterocycles. The Hall–Kier alpha value is -2.74. The third-order valence-electron chi connectivity index (χ3n) is 8.30. The van der Waals surface area contributed by atoms with Gasteiger partial charge in [0.15, 0.2) is 5.58 Å². The van der Waals surface area contributed by atoms with Gasteiger partial charge in [0.2, 0.25) is 0 Å². The molecule has 2 aliphatic carbocycles. The third-order valence-corrected chi connectivity index (χ3v) is 8.30. The molecule has 0 amide bonds. The second-order valence-electron chi connectivity index (χ2n) is 10.3. The van der Waals surface area contributed by atoms with Gasteiger partial charge in [-0.2, -0.15) is 0 Å². The summed E-state index contributed by atoms with van der Waals surface area (Å²) in [6, 6.07) is 22.6. The van der Waals surface area contributed by atoms with Gasteiger partial charge in [-0.25, -0.2) is 0 Å². The van der Waals surface area contributed by atoms with Crippen LogP contribution in [0.15, 0.2) is 65.1 Å². The van der Waals surface area contributed by atoms with Crippen LogP contribution >= 0.6 is 0 Å². The molecule has 4 aromatic rings. The van der Waals surface area contributed by atoms with Gasteiger partial charge in [0.05, 0.1) is 5.69 Å². The van der Waals surface area contributed by atoms with E-state index in [0.717, 1.165) is 22.8 Å². The lowest BCUT2D eigenvalue weighted by molar-refractivity contribution is 0.442. The minimum absolute atomic E-state index is 0.636. The second-order valence-corrected chi connectivity index (χ2v) is 10.3. The summed E-state index contributed by atoms with van der Waals surface area (Å²) in [4.78, 5) is 2.29. The molecule has 0 atom stereocenters. The van der Waals surface area contributed by atoms with Crippen LogP contribution in [-0.2, 0) is 0 Å². The minimum Gasteiger partial charge on any atom is -0.454 e. The van der Waals surface area contributed by atoms with Crippen LogP contribution in [0.3, 0.4) is 0 Å². The van der Waals surface area contributed by atoms with E-state index in [-0.39, 0.29) is 0 Å². The molecule has 0 spiro atoms. The topological polar surface area (TPSA) is 16.4 Å². The first-order chi connectivity index (χ1) is 16.3. The van der Waals surface area contributed by atoms with Crippen LogP contribution in [0.4, 0.5) is 11.4 Å². The van der Waals surface area contributed by atoms with E-state index in [1.54, 1.807) is 0 Å². The average Bonchev–Trinajstić information content (AvgIpc) is 3.28. The van der Waals surface area contributed by atoms with Crippen molar-refractivity contribution >= 4 is 33.3 Å². The number of nitrogens with zero attached hydrogens (tertiary/aromatic N) is 1. The standard InChI is InChI=1S/C31H35NO/c1-32(25-20-18-23(19-21-25)22-10-4-2-5-11-22)29-17-9-16-28-27-15-8-14-26(30(27)33-31(28)29)24-12-6-3-7-13-24/h8-9,14-22,24H,2-7,10-13H2,1H3. The molecule has 3 aromatic carbocycles. The lowest BCUT2D eigenvalue weighted by atomic mass is 9.83. The fourth-order valence-electron chi connectivity index (χ4n) is 6.37. The normalized spacial score (nSPS) is 18.2. The Kier molecular flexibility index (Phi) is 5.62. The van der Waals surface area contributed by atoms with Crippen molar-refractivity contribution < 1.29 is 4.42 Å². The summed E-state index contributed by atoms with van der Waals surface area (Å²) < 4.78 is 6.69. The van der Waals surface area contributed by atoms with Gasteiger partial charge in [-0.15, -0.1) is 0 Å². The van der Waals surface area contributed by atoms with Crippen molar-refractivity contribution in [3.8, 4) is 0 Å². The van der Waals surface area contributed by atoms with Gasteiger partial charge in [-0.1, -0.05) is 81.0 Å². The molecule has 2 saturated carbocycles. The maximum absolute atomic E-state index is 6.69. The molecule has 1 aromatic heterocycles. The minimum atomic E-state index is 0.636. The van der Waals surface area contributed by atoms with Crippen molar-refractivity contribution in [3.05, 3.63) is 71.8 Å². The average molecular weight is 438 g/mol. The zero-order valence-electron chi connectivity index (χ0n) is 19.9. The monoisotopic (exact) mass is 437 g/mol. The Labute approximate surface area is 197 Å². The van der Waals surface area contributed by atoms with Gasteiger partial charge in [0.25, 0.3) is 0 Å². The van der Waals surface area contributed by atoms with E-state index in [1.165, 1.54) is 91.8 Å². The van der Waals surface area contributed by atoms with E-state index < -0.39 is 0 Å². The molecule has 2 nitrogen and oxygen atoms in total. The molecule has 0 radical (unpaired) electrons. The number of benzene rings is 3. The highest BCUT2D eigenvalue weighted by molar-refractivity contribution is 6.10. The summed E-state index contributed by atoms with van der Waals surface area (Å²) in [6.45, 7) is 0. The van der Waals surface area contributed by atoms with E-state index in [1.807, 2.05) is 0 Å². The number of rotatable bonds is 4. The first-order valence-electron chi connectivity index (χ1n) is 13.1. The van der Waals surface area contributed by atoms with Gasteiger partial charge < -0.3 is 9.32 Å². The summed E-state index contributed by atoms with van der Waals surface area (Å²) in [7, 11) is 2.17. The van der Waals surface area contributed by atoms with Crippen molar-refractivity contribution in [1.29, 1.82) is 0 Å². The van der Waals surface area contributed by atoms with E-state index in [9.17, 15) is 0 Å². The summed E-state index contributed by atoms with van der Waals surface area (Å²) >= 11 is 0. The van der Waals surface area contributed by atoms with Crippen molar-refractivity contribution in [2.24, 2.45) is 0 Å². The molecule has 1 heterocycles. The number of fused-ring (bicyclic) bond motifs is 3. The molecule has 0 N–H and O–H groups in total. The van der Waals surface area contributed by atoms with E-state index in [4.69, 9.17) is 4.42 Å². The second kappa shape index (κ2) is 8.89. The van der Waals surface area contributed by atoms with Crippen LogP contribution in [-0.4, -0.2) is 7.05 Å². The van der Waals surface area contributed by atoms with E-state index in [2.05, 4.69) is 72.6 Å². The molecule has 0 bridgehead atoms. The highest BCUT2D eigenvalue weighted by atomic mass is 16.3. The number of para-hydroxylation sites is 2. The van der Waals surface area contributed by atoms with Gasteiger partial charge in [0, 0.05) is 23.5 Å². The number of hydrogen-bond donors (Lipinski definition) is 0. The predicted octanol–water partition coefficient (Wildman–Crippen LogP) is 9.45. The smallest absolute Gasteiger partial charge is 0.159 e. The third kappa shape index (κ3) is 3.84. The Bertz CT molecular complexity index is 1240. The summed E-state index contributed by atoms with van der Waals surface area (Å²) in [5, 5.41) is 2.49. The summed E-state index contributed by atoms with van der Waals surface area (Å²) in [6.07, 6.45) is 13.5. The first kappa shape index (κ1) is 20.8. The van der Waals surface area contributed by atoms with Crippen molar-refractivity contribution in [2.75, 3.05) is 11.9 Å². The molecule has 0 unspecified atom stereocenters. The number of anilines is 2. The van der Waals surface area contributed by atoms with Crippen LogP contribution in [0.2, 0.25) is 0 Å². The van der Waals surface area contributed by atoms with E-state index >= 15 is 0 Å². The molecule has 2 fully saturated rings. The van der Waals surface area contributed by atoms with Crippen molar-refractivity contribution in [1.82, 2.24) is 0 Å². The summed E-state index contributed by atoms with van der Waals surface area (Å²) in [5.41, 5.74) is 7.39. The molecule has 33 heavy (non-hydrogen) atoms. The first-order valence-corrected chi connectivity index (χ1v) is 13.1. The SMILES string of the molecule is CN(c1ccc(C2CCCCC2)cc1)c1cccc2c1oc1c(C3CCCCC3)cccc12. The van der Waals surface area contributed by atoms with Crippen molar-refractivity contribution in [2.45, 2.75) is 76.0 Å². The van der Waals surface area contributed by atoms with Gasteiger partial charge in [-0.3, -0.25) is 0 Å². The van der Waals surface area contributed by atoms with Gasteiger partial charge in [0.1, 0.15) is 5.58 Å². The van der Waals surface area contributed by atoms with Crippen LogP contribution in [0.5, 0.6) is 0 Å². The van der Waals surface area contributed by atoms with Crippen molar-refractivity contribution in [3.63, 3.8) is 0 Å². The molecule has 2 heteroatoms. The van der Waals surface area contributed by atoms with Crippen LogP contribution < -0.4 is 4.90 Å². The Balaban J connectivity index is 1.37. The fraction of sp³-hybridized carbons (Fsp3) is 0.419. The lowest BCUT2D eigenvalue weighted by Crippen LogP contribution is -2.10. The molecular formula is C31H35NO. The zero-order chi connectivity index (χ0) is 22.2. The van der Waals surface area contributed by atoms with Crippen LogP contribution in [0.25, 0.3) is 21.9 Å². The Morgan fingerprint density at radius 3 is 1.94 bits per heavy atom. The summed E-state index contributed by atoms with van der Waals surface area (Å²) in [5.74, 6) is 1.38. The molecule has 0 saturated heterocycles. The largest absolute Gasteiger partial charge is 0.454 e. The quantitative estimate of drug-likeness (QED) is 0.316. The van der Waals surface area contributed by atoms with Gasteiger partial charge >= 0.3 is 0 Å². The lowest BCUT2D eigenvalue weighted by Gasteiger charge is -2.24. The predicted molar refractivity (Wildman–Crippen MR) is 140 cm³/mol. The Morgan fingerprint density at radius 2 is 1.24 bits per heavy atom. The molecule has 6 rings (SSSR count). The molecule has 2 aliphatic rings. The zero-order valence-corrected chi connectivity index (χ0v) is 19.9. The maximum atomic E-state index is 6.69. The number of furan rings is 1. The highest BCUT2D eigenvalue weighted by Crippen LogP contribution is 2.42. The highest BCUT2D eigenvalue weighted by Gasteiger charge is 2.22. The fourth-order valence-corrected chi connectivity index (χ4v) is 6.37. The van der Waals surface area contributed by atoms with E-state index in [0.29, 0.717) is 5.92 Å². The van der Waals surface area contributed by atoms with Gasteiger partial charge in [-0.05, 0) is 66.8 Å². The molecular weight excluding hydrogens is 402 g/mol. The number of hydrogen-bond acceptors (Lipinski definition) is 2. The van der Waals surface area contributed by atoms with Crippen LogP contribution in [0, 0.1) is 0 Å². The van der Waals surface area contributed by atoms with Crippen LogP contribution in [0.1, 0.15) is 87.2 Å². The molecule has 170 valence electrons.